The van der Waals surface area contributed by atoms with Gasteiger partial charge in [0.05, 0.1) is 12.7 Å². The van der Waals surface area contributed by atoms with E-state index in [-0.39, 0.29) is 22.7 Å². The minimum Gasteiger partial charge on any atom is -0.618 e. The molecule has 0 amide bonds. The zero-order chi connectivity index (χ0) is 14.7. The van der Waals surface area contributed by atoms with Crippen molar-refractivity contribution < 1.29 is 19.1 Å². The highest BCUT2D eigenvalue weighted by Gasteiger charge is 2.15. The molecule has 2 aromatic heterocycles. The van der Waals surface area contributed by atoms with Crippen molar-refractivity contribution in [3.63, 3.8) is 0 Å². The zero-order valence-electron chi connectivity index (χ0n) is 10.9. The van der Waals surface area contributed by atoms with Crippen molar-refractivity contribution in [2.24, 2.45) is 0 Å². The topological polar surface area (TPSA) is 96.1 Å². The molecule has 7 heteroatoms. The van der Waals surface area contributed by atoms with Crippen LogP contribution in [0.1, 0.15) is 27.8 Å². The van der Waals surface area contributed by atoms with Gasteiger partial charge in [-0.1, -0.05) is 0 Å². The second kappa shape index (κ2) is 5.43. The lowest BCUT2D eigenvalue weighted by molar-refractivity contribution is -0.594. The summed E-state index contributed by atoms with van der Waals surface area (Å²) in [5, 5.41) is 11.8. The summed E-state index contributed by atoms with van der Waals surface area (Å²) >= 11 is 0. The summed E-state index contributed by atoms with van der Waals surface area (Å²) in [5.74, 6) is -0.806. The van der Waals surface area contributed by atoms with Gasteiger partial charge < -0.3 is 9.94 Å². The van der Waals surface area contributed by atoms with E-state index in [2.05, 4.69) is 14.7 Å². The van der Waals surface area contributed by atoms with Crippen LogP contribution in [0.2, 0.25) is 0 Å². The Kier molecular flexibility index (Phi) is 3.69. The molecule has 2 heterocycles. The highest BCUT2D eigenvalue weighted by molar-refractivity contribution is 5.91. The van der Waals surface area contributed by atoms with Crippen LogP contribution in [0.25, 0.3) is 11.4 Å². The number of pyridine rings is 1. The molecule has 0 fully saturated rings. The Morgan fingerprint density at radius 1 is 1.25 bits per heavy atom. The minimum atomic E-state index is -0.510. The number of aromatic nitrogens is 3. The Labute approximate surface area is 114 Å². The fourth-order valence-corrected chi connectivity index (χ4v) is 1.55. The third-order valence-electron chi connectivity index (χ3n) is 2.61. The molecule has 102 valence electrons. The van der Waals surface area contributed by atoms with Crippen LogP contribution < -0.4 is 4.73 Å². The number of Topliss-reactive ketones (excluding diaryl/α,β-unsaturated/α-hetero) is 1. The fraction of sp³-hybridized carbons (Fsp3) is 0.154. The second-order valence-corrected chi connectivity index (χ2v) is 3.96. The smallest absolute Gasteiger partial charge is 0.339 e. The van der Waals surface area contributed by atoms with Gasteiger partial charge in [0.1, 0.15) is 11.9 Å². The first kappa shape index (κ1) is 13.6. The molecule has 0 atom stereocenters. The van der Waals surface area contributed by atoms with Crippen molar-refractivity contribution in [1.29, 1.82) is 0 Å². The number of methoxy groups -OCH3 is 1. The first-order valence-electron chi connectivity index (χ1n) is 5.68. The Morgan fingerprint density at radius 2 is 2.00 bits per heavy atom. The predicted octanol–water partition coefficient (Wildman–Crippen LogP) is 0.766. The van der Waals surface area contributed by atoms with Crippen LogP contribution in [-0.2, 0) is 4.74 Å². The minimum absolute atomic E-state index is 0.0786. The predicted molar refractivity (Wildman–Crippen MR) is 67.8 cm³/mol. The van der Waals surface area contributed by atoms with Crippen LogP contribution in [0.3, 0.4) is 0 Å². The van der Waals surface area contributed by atoms with E-state index in [1.165, 1.54) is 38.6 Å². The van der Waals surface area contributed by atoms with E-state index >= 15 is 0 Å². The van der Waals surface area contributed by atoms with Gasteiger partial charge in [-0.05, 0) is 12.1 Å². The number of hydrogen-bond acceptors (Lipinski definition) is 6. The molecular formula is C13H11N3O4. The second-order valence-electron chi connectivity index (χ2n) is 3.96. The van der Waals surface area contributed by atoms with Crippen molar-refractivity contribution in [3.05, 3.63) is 47.2 Å². The van der Waals surface area contributed by atoms with Crippen LogP contribution in [0, 0.1) is 5.21 Å². The maximum Gasteiger partial charge on any atom is 0.339 e. The molecule has 0 aliphatic carbocycles. The molecule has 2 aromatic rings. The Hall–Kier alpha value is -2.83. The van der Waals surface area contributed by atoms with Crippen molar-refractivity contribution in [2.75, 3.05) is 7.11 Å². The maximum atomic E-state index is 11.8. The quantitative estimate of drug-likeness (QED) is 0.354. The van der Waals surface area contributed by atoms with E-state index in [0.29, 0.717) is 10.4 Å². The largest absolute Gasteiger partial charge is 0.618 e. The number of nitrogens with zero attached hydrogens (tertiary/aromatic N) is 3. The summed E-state index contributed by atoms with van der Waals surface area (Å²) in [6, 6.07) is 3.00. The van der Waals surface area contributed by atoms with Gasteiger partial charge in [-0.15, -0.1) is 0 Å². The van der Waals surface area contributed by atoms with E-state index in [0.717, 1.165) is 6.20 Å². The highest BCUT2D eigenvalue weighted by atomic mass is 16.5. The van der Waals surface area contributed by atoms with E-state index < -0.39 is 5.97 Å². The van der Waals surface area contributed by atoms with Gasteiger partial charge in [0.2, 0.25) is 6.20 Å². The van der Waals surface area contributed by atoms with E-state index in [9.17, 15) is 14.8 Å². The summed E-state index contributed by atoms with van der Waals surface area (Å²) in [6.07, 6.45) is 3.66. The summed E-state index contributed by atoms with van der Waals surface area (Å²) in [6.45, 7) is 1.32. The van der Waals surface area contributed by atoms with E-state index in [1.54, 1.807) is 0 Å². The molecule has 7 nitrogen and oxygen atoms in total. The average Bonchev–Trinajstić information content (AvgIpc) is 2.46. The summed E-state index contributed by atoms with van der Waals surface area (Å²) in [4.78, 5) is 30.3. The van der Waals surface area contributed by atoms with Gasteiger partial charge in [-0.3, -0.25) is 4.79 Å². The Morgan fingerprint density at radius 3 is 2.50 bits per heavy atom. The molecule has 0 aliphatic rings. The van der Waals surface area contributed by atoms with Crippen molar-refractivity contribution in [3.8, 4) is 11.4 Å². The van der Waals surface area contributed by atoms with Gasteiger partial charge in [-0.2, -0.15) is 4.73 Å². The summed E-state index contributed by atoms with van der Waals surface area (Å²) in [7, 11) is 1.27. The van der Waals surface area contributed by atoms with Gasteiger partial charge >= 0.3 is 5.97 Å². The van der Waals surface area contributed by atoms with E-state index in [4.69, 9.17) is 0 Å². The van der Waals surface area contributed by atoms with Gasteiger partial charge in [0.15, 0.2) is 11.5 Å². The number of carbonyl (C=O) groups is 2. The Balaban J connectivity index is 2.37. The number of hydrogen-bond donors (Lipinski definition) is 0. The molecule has 0 bridgehead atoms. The lowest BCUT2D eigenvalue weighted by Gasteiger charge is -2.05. The summed E-state index contributed by atoms with van der Waals surface area (Å²) < 4.78 is 5.07. The van der Waals surface area contributed by atoms with Crippen LogP contribution in [-0.4, -0.2) is 28.8 Å². The van der Waals surface area contributed by atoms with Crippen LogP contribution in [0.4, 0.5) is 0 Å². The van der Waals surface area contributed by atoms with E-state index in [1.807, 2.05) is 0 Å². The third kappa shape index (κ3) is 2.61. The lowest BCUT2D eigenvalue weighted by Crippen LogP contribution is -2.31. The number of esters is 1. The molecule has 2 rings (SSSR count). The number of ether oxygens (including phenoxy) is 1. The van der Waals surface area contributed by atoms with Crippen molar-refractivity contribution >= 4 is 11.8 Å². The standard InChI is InChI=1S/C13H11N3O4/c1-8(17)11-7-16(19)12(6-15-11)10-4-3-9(5-14-10)13(18)20-2/h3-7H,1-2H3. The van der Waals surface area contributed by atoms with Gasteiger partial charge in [0, 0.05) is 13.1 Å². The molecule has 0 radical (unpaired) electrons. The van der Waals surface area contributed by atoms with Crippen LogP contribution in [0.15, 0.2) is 30.7 Å². The molecule has 0 aliphatic heterocycles. The Bertz CT molecular complexity index is 668. The molecular weight excluding hydrogens is 262 g/mol. The average molecular weight is 273 g/mol. The molecule has 0 aromatic carbocycles. The number of carbonyl (C=O) groups excluding carboxylic acids is 2. The maximum absolute atomic E-state index is 11.8. The first-order chi connectivity index (χ1) is 9.52. The normalized spacial score (nSPS) is 10.1. The molecule has 0 N–H and O–H groups in total. The van der Waals surface area contributed by atoms with Gasteiger partial charge in [-0.25, -0.2) is 14.8 Å². The molecule has 0 spiro atoms. The zero-order valence-corrected chi connectivity index (χ0v) is 10.9. The third-order valence-corrected chi connectivity index (χ3v) is 2.61. The monoisotopic (exact) mass is 273 g/mol. The SMILES string of the molecule is COC(=O)c1ccc(-c2cnc(C(C)=O)c[n+]2[O-])nc1. The molecule has 0 unspecified atom stereocenters. The first-order valence-corrected chi connectivity index (χ1v) is 5.68. The van der Waals surface area contributed by atoms with Crippen molar-refractivity contribution in [2.45, 2.75) is 6.92 Å². The highest BCUT2D eigenvalue weighted by Crippen LogP contribution is 2.12. The summed E-state index contributed by atoms with van der Waals surface area (Å²) in [5.41, 5.74) is 0.888. The van der Waals surface area contributed by atoms with Gasteiger partial charge in [0.25, 0.3) is 5.69 Å². The van der Waals surface area contributed by atoms with Crippen LogP contribution >= 0.6 is 0 Å². The number of rotatable bonds is 3. The molecule has 20 heavy (non-hydrogen) atoms. The fourth-order valence-electron chi connectivity index (χ4n) is 1.55. The number of ketones is 1. The molecule has 0 saturated carbocycles. The lowest BCUT2D eigenvalue weighted by atomic mass is 10.2. The molecule has 0 saturated heterocycles. The van der Waals surface area contributed by atoms with Crippen molar-refractivity contribution in [1.82, 2.24) is 9.97 Å². The van der Waals surface area contributed by atoms with Crippen LogP contribution in [0.5, 0.6) is 0 Å².